The highest BCUT2D eigenvalue weighted by atomic mass is 16.5. The molecule has 0 bridgehead atoms. The average Bonchev–Trinajstić information content (AvgIpc) is 3.38. The van der Waals surface area contributed by atoms with E-state index in [1.807, 2.05) is 12.1 Å². The first-order chi connectivity index (χ1) is 12.8. The van der Waals surface area contributed by atoms with Crippen LogP contribution < -0.4 is 10.6 Å². The first kappa shape index (κ1) is 19.2. The third-order valence-electron chi connectivity index (χ3n) is 5.13. The highest BCUT2D eigenvalue weighted by molar-refractivity contribution is 5.79. The molecule has 2 N–H and O–H groups in total. The third-order valence-corrected chi connectivity index (χ3v) is 5.13. The predicted molar refractivity (Wildman–Crippen MR) is 99.5 cm³/mol. The molecular formula is C19H31N3O4. The topological polar surface area (TPSA) is 77.2 Å². The molecule has 1 aromatic rings. The van der Waals surface area contributed by atoms with Gasteiger partial charge in [-0.3, -0.25) is 4.99 Å². The van der Waals surface area contributed by atoms with E-state index in [0.717, 1.165) is 76.7 Å². The summed E-state index contributed by atoms with van der Waals surface area (Å²) in [6.45, 7) is 4.47. The van der Waals surface area contributed by atoms with Gasteiger partial charge < -0.3 is 29.3 Å². The van der Waals surface area contributed by atoms with E-state index >= 15 is 0 Å². The molecule has 26 heavy (non-hydrogen) atoms. The number of methoxy groups -OCH3 is 1. The van der Waals surface area contributed by atoms with Gasteiger partial charge in [-0.1, -0.05) is 0 Å². The van der Waals surface area contributed by atoms with Gasteiger partial charge in [0, 0.05) is 59.3 Å². The summed E-state index contributed by atoms with van der Waals surface area (Å²) in [5.41, 5.74) is -0.224. The zero-order valence-corrected chi connectivity index (χ0v) is 15.7. The Labute approximate surface area is 155 Å². The van der Waals surface area contributed by atoms with Gasteiger partial charge in [0.1, 0.15) is 5.76 Å². The Kier molecular flexibility index (Phi) is 7.34. The van der Waals surface area contributed by atoms with Crippen LogP contribution in [0.4, 0.5) is 0 Å². The smallest absolute Gasteiger partial charge is 0.191 e. The molecule has 1 unspecified atom stereocenters. The van der Waals surface area contributed by atoms with Gasteiger partial charge in [-0.15, -0.1) is 0 Å². The van der Waals surface area contributed by atoms with Gasteiger partial charge >= 0.3 is 0 Å². The van der Waals surface area contributed by atoms with Crippen molar-refractivity contribution in [2.75, 3.05) is 46.6 Å². The number of nitrogens with zero attached hydrogens (tertiary/aromatic N) is 1. The van der Waals surface area contributed by atoms with E-state index in [2.05, 4.69) is 10.6 Å². The molecule has 3 rings (SSSR count). The SMILES string of the molecule is COC1(CN=C(NCCc2ccco2)NCC2CCCO2)CCOCC1. The van der Waals surface area contributed by atoms with Crippen molar-refractivity contribution >= 4 is 5.96 Å². The monoisotopic (exact) mass is 365 g/mol. The van der Waals surface area contributed by atoms with Crippen molar-refractivity contribution in [3.05, 3.63) is 24.2 Å². The quantitative estimate of drug-likeness (QED) is 0.540. The Morgan fingerprint density at radius 2 is 2.19 bits per heavy atom. The minimum atomic E-state index is -0.224. The zero-order valence-electron chi connectivity index (χ0n) is 15.7. The van der Waals surface area contributed by atoms with Gasteiger partial charge in [-0.25, -0.2) is 0 Å². The number of nitrogens with one attached hydrogen (secondary N) is 2. The molecule has 1 atom stereocenters. The summed E-state index contributed by atoms with van der Waals surface area (Å²) in [7, 11) is 1.77. The normalized spacial score (nSPS) is 23.1. The molecule has 1 aromatic heterocycles. The molecule has 7 heteroatoms. The Hall–Kier alpha value is -1.57. The fraction of sp³-hybridized carbons (Fsp3) is 0.737. The molecule has 146 valence electrons. The van der Waals surface area contributed by atoms with Gasteiger partial charge in [-0.2, -0.15) is 0 Å². The fourth-order valence-corrected chi connectivity index (χ4v) is 3.34. The Morgan fingerprint density at radius 1 is 1.31 bits per heavy atom. The van der Waals surface area contributed by atoms with E-state index in [1.54, 1.807) is 13.4 Å². The van der Waals surface area contributed by atoms with E-state index in [0.29, 0.717) is 6.54 Å². The molecule has 7 nitrogen and oxygen atoms in total. The molecule has 0 saturated carbocycles. The summed E-state index contributed by atoms with van der Waals surface area (Å²) in [4.78, 5) is 4.80. The van der Waals surface area contributed by atoms with E-state index in [1.165, 1.54) is 0 Å². The lowest BCUT2D eigenvalue weighted by Crippen LogP contribution is -2.45. The third kappa shape index (κ3) is 5.72. The summed E-state index contributed by atoms with van der Waals surface area (Å²) in [6.07, 6.45) is 6.77. The van der Waals surface area contributed by atoms with E-state index in [4.69, 9.17) is 23.6 Å². The van der Waals surface area contributed by atoms with Crippen molar-refractivity contribution in [1.82, 2.24) is 10.6 Å². The molecule has 2 fully saturated rings. The van der Waals surface area contributed by atoms with E-state index in [9.17, 15) is 0 Å². The maximum Gasteiger partial charge on any atom is 0.191 e. The number of ether oxygens (including phenoxy) is 3. The lowest BCUT2D eigenvalue weighted by molar-refractivity contribution is -0.0828. The van der Waals surface area contributed by atoms with Crippen LogP contribution in [0.2, 0.25) is 0 Å². The van der Waals surface area contributed by atoms with Crippen LogP contribution in [-0.2, 0) is 20.6 Å². The second kappa shape index (κ2) is 9.94. The Balaban J connectivity index is 1.54. The van der Waals surface area contributed by atoms with Crippen molar-refractivity contribution in [3.8, 4) is 0 Å². The standard InChI is InChI=1S/C19H31N3O4/c1-23-19(7-12-24-13-8-19)15-22-18(21-14-17-5-3-11-26-17)20-9-6-16-4-2-10-25-16/h2,4,10,17H,3,5-9,11-15H2,1H3,(H2,20,21,22). The number of aliphatic imine (C=N–C) groups is 1. The number of rotatable bonds is 8. The molecule has 0 radical (unpaired) electrons. The number of guanidine groups is 1. The van der Waals surface area contributed by atoms with Crippen LogP contribution in [0.25, 0.3) is 0 Å². The lowest BCUT2D eigenvalue weighted by Gasteiger charge is -2.34. The number of hydrogen-bond donors (Lipinski definition) is 2. The Bertz CT molecular complexity index is 535. The zero-order chi connectivity index (χ0) is 18.1. The lowest BCUT2D eigenvalue weighted by atomic mass is 9.94. The molecule has 2 aliphatic rings. The molecule has 0 aliphatic carbocycles. The van der Waals surface area contributed by atoms with E-state index in [-0.39, 0.29) is 11.7 Å². The largest absolute Gasteiger partial charge is 0.469 e. The number of furan rings is 1. The summed E-state index contributed by atoms with van der Waals surface area (Å²) < 4.78 is 22.3. The maximum absolute atomic E-state index is 5.79. The van der Waals surface area contributed by atoms with Gasteiger partial charge in [0.25, 0.3) is 0 Å². The highest BCUT2D eigenvalue weighted by Gasteiger charge is 2.32. The summed E-state index contributed by atoms with van der Waals surface area (Å²) in [5, 5.41) is 6.82. The van der Waals surface area contributed by atoms with E-state index < -0.39 is 0 Å². The van der Waals surface area contributed by atoms with Crippen molar-refractivity contribution in [1.29, 1.82) is 0 Å². The number of hydrogen-bond acceptors (Lipinski definition) is 5. The van der Waals surface area contributed by atoms with Crippen LogP contribution in [0.3, 0.4) is 0 Å². The van der Waals surface area contributed by atoms with Crippen LogP contribution in [0.15, 0.2) is 27.8 Å². The summed E-state index contributed by atoms with van der Waals surface area (Å²) >= 11 is 0. The van der Waals surface area contributed by atoms with Crippen molar-refractivity contribution in [2.24, 2.45) is 4.99 Å². The minimum absolute atomic E-state index is 0.224. The molecule has 0 amide bonds. The summed E-state index contributed by atoms with van der Waals surface area (Å²) in [6, 6.07) is 3.90. The van der Waals surface area contributed by atoms with Crippen molar-refractivity contribution < 1.29 is 18.6 Å². The maximum atomic E-state index is 5.79. The molecule has 2 aliphatic heterocycles. The van der Waals surface area contributed by atoms with Gasteiger partial charge in [-0.05, 0) is 25.0 Å². The highest BCUT2D eigenvalue weighted by Crippen LogP contribution is 2.24. The van der Waals surface area contributed by atoms with Gasteiger partial charge in [0.05, 0.1) is 24.5 Å². The van der Waals surface area contributed by atoms with Gasteiger partial charge in [0.15, 0.2) is 5.96 Å². The van der Waals surface area contributed by atoms with Crippen LogP contribution in [-0.4, -0.2) is 64.2 Å². The van der Waals surface area contributed by atoms with Gasteiger partial charge in [0.2, 0.25) is 0 Å². The molecular weight excluding hydrogens is 334 g/mol. The first-order valence-corrected chi connectivity index (χ1v) is 9.59. The van der Waals surface area contributed by atoms with Crippen molar-refractivity contribution in [3.63, 3.8) is 0 Å². The first-order valence-electron chi connectivity index (χ1n) is 9.59. The second-order valence-corrected chi connectivity index (χ2v) is 6.94. The minimum Gasteiger partial charge on any atom is -0.469 e. The summed E-state index contributed by atoms with van der Waals surface area (Å²) in [5.74, 6) is 1.77. The average molecular weight is 365 g/mol. The molecule has 0 spiro atoms. The van der Waals surface area contributed by atoms with Crippen LogP contribution in [0, 0.1) is 0 Å². The van der Waals surface area contributed by atoms with Crippen LogP contribution >= 0.6 is 0 Å². The van der Waals surface area contributed by atoms with Crippen molar-refractivity contribution in [2.45, 2.75) is 43.8 Å². The fourth-order valence-electron chi connectivity index (χ4n) is 3.34. The Morgan fingerprint density at radius 3 is 2.88 bits per heavy atom. The second-order valence-electron chi connectivity index (χ2n) is 6.94. The molecule has 3 heterocycles. The molecule has 0 aromatic carbocycles. The van der Waals surface area contributed by atoms with Crippen LogP contribution in [0.5, 0.6) is 0 Å². The van der Waals surface area contributed by atoms with Crippen LogP contribution in [0.1, 0.15) is 31.4 Å². The predicted octanol–water partition coefficient (Wildman–Crippen LogP) is 1.73. The molecule has 2 saturated heterocycles.